The predicted molar refractivity (Wildman–Crippen MR) is 56.6 cm³/mol. The summed E-state index contributed by atoms with van der Waals surface area (Å²) in [6.07, 6.45) is 4.28. The fraction of sp³-hybridized carbons (Fsp3) is 0.500. The van der Waals surface area contributed by atoms with Crippen LogP contribution in [-0.2, 0) is 0 Å². The summed E-state index contributed by atoms with van der Waals surface area (Å²) >= 11 is 0. The first kappa shape index (κ1) is 9.27. The molecule has 0 saturated carbocycles. The molecule has 1 aromatic rings. The zero-order valence-electron chi connectivity index (χ0n) is 8.27. The number of anilines is 2. The average Bonchev–Trinajstić information content (AvgIpc) is 2.65. The lowest BCUT2D eigenvalue weighted by molar-refractivity contribution is 0.198. The molecule has 1 saturated heterocycles. The number of rotatable bonds is 2. The molecule has 14 heavy (non-hydrogen) atoms. The Morgan fingerprint density at radius 2 is 2.43 bits per heavy atom. The van der Waals surface area contributed by atoms with Crippen molar-refractivity contribution in [2.24, 2.45) is 0 Å². The molecular weight excluding hydrogens is 178 g/mol. The maximum absolute atomic E-state index is 9.41. The van der Waals surface area contributed by atoms with E-state index in [-0.39, 0.29) is 6.10 Å². The molecule has 4 nitrogen and oxygen atoms in total. The molecular formula is C10H15N3O. The number of hydrogen-bond donors (Lipinski definition) is 2. The maximum Gasteiger partial charge on any atom is 0.0731 e. The van der Waals surface area contributed by atoms with E-state index in [1.165, 1.54) is 0 Å². The van der Waals surface area contributed by atoms with E-state index in [4.69, 9.17) is 0 Å². The van der Waals surface area contributed by atoms with Crippen LogP contribution in [0, 0.1) is 0 Å². The minimum absolute atomic E-state index is 0.187. The van der Waals surface area contributed by atoms with Crippen LogP contribution in [-0.4, -0.2) is 36.3 Å². The molecule has 0 spiro atoms. The van der Waals surface area contributed by atoms with Gasteiger partial charge in [0.25, 0.3) is 0 Å². The second kappa shape index (κ2) is 3.84. The Labute approximate surface area is 83.6 Å². The summed E-state index contributed by atoms with van der Waals surface area (Å²) in [6, 6.07) is 2.05. The van der Waals surface area contributed by atoms with Gasteiger partial charge >= 0.3 is 0 Å². The van der Waals surface area contributed by atoms with Gasteiger partial charge in [-0.1, -0.05) is 0 Å². The Morgan fingerprint density at radius 1 is 1.57 bits per heavy atom. The van der Waals surface area contributed by atoms with Gasteiger partial charge in [0.05, 0.1) is 29.9 Å². The van der Waals surface area contributed by atoms with E-state index in [0.29, 0.717) is 0 Å². The van der Waals surface area contributed by atoms with E-state index in [2.05, 4.69) is 15.2 Å². The number of nitrogens with zero attached hydrogens (tertiary/aromatic N) is 2. The van der Waals surface area contributed by atoms with Gasteiger partial charge in [0.15, 0.2) is 0 Å². The van der Waals surface area contributed by atoms with Crippen LogP contribution in [0.1, 0.15) is 6.42 Å². The minimum atomic E-state index is -0.187. The van der Waals surface area contributed by atoms with E-state index in [0.717, 1.165) is 30.9 Å². The molecule has 0 amide bonds. The van der Waals surface area contributed by atoms with Crippen molar-refractivity contribution in [2.45, 2.75) is 12.5 Å². The van der Waals surface area contributed by atoms with Gasteiger partial charge in [0.2, 0.25) is 0 Å². The highest BCUT2D eigenvalue weighted by Crippen LogP contribution is 2.21. The number of aliphatic hydroxyl groups excluding tert-OH is 1. The maximum atomic E-state index is 9.41. The molecule has 1 aromatic heterocycles. The summed E-state index contributed by atoms with van der Waals surface area (Å²) in [5, 5.41) is 12.5. The van der Waals surface area contributed by atoms with Crippen LogP contribution in [0.15, 0.2) is 18.5 Å². The van der Waals surface area contributed by atoms with Crippen molar-refractivity contribution in [1.29, 1.82) is 0 Å². The van der Waals surface area contributed by atoms with Gasteiger partial charge in [-0.15, -0.1) is 0 Å². The first-order valence-electron chi connectivity index (χ1n) is 4.85. The lowest BCUT2D eigenvalue weighted by Gasteiger charge is -2.17. The van der Waals surface area contributed by atoms with Crippen molar-refractivity contribution in [3.05, 3.63) is 18.5 Å². The summed E-state index contributed by atoms with van der Waals surface area (Å²) in [5.41, 5.74) is 2.08. The topological polar surface area (TPSA) is 48.4 Å². The summed E-state index contributed by atoms with van der Waals surface area (Å²) < 4.78 is 0. The van der Waals surface area contributed by atoms with Crippen LogP contribution in [0.5, 0.6) is 0 Å². The van der Waals surface area contributed by atoms with E-state index in [1.54, 1.807) is 6.20 Å². The fourth-order valence-corrected chi connectivity index (χ4v) is 1.71. The molecule has 1 aliphatic rings. The average molecular weight is 193 g/mol. The van der Waals surface area contributed by atoms with E-state index in [1.807, 2.05) is 19.3 Å². The van der Waals surface area contributed by atoms with Crippen LogP contribution in [0.4, 0.5) is 11.4 Å². The van der Waals surface area contributed by atoms with Crippen LogP contribution in [0.3, 0.4) is 0 Å². The number of β-amino-alcohol motifs (C(OH)–C–C–N with tert-alkyl or cyclic N) is 1. The quantitative estimate of drug-likeness (QED) is 0.725. The summed E-state index contributed by atoms with van der Waals surface area (Å²) in [6.45, 7) is 1.63. The smallest absolute Gasteiger partial charge is 0.0731 e. The van der Waals surface area contributed by atoms with E-state index >= 15 is 0 Å². The Balaban J connectivity index is 2.15. The van der Waals surface area contributed by atoms with Crippen molar-refractivity contribution in [2.75, 3.05) is 30.4 Å². The van der Waals surface area contributed by atoms with Gasteiger partial charge in [0, 0.05) is 20.1 Å². The Kier molecular flexibility index (Phi) is 2.54. The zero-order chi connectivity index (χ0) is 9.97. The van der Waals surface area contributed by atoms with Gasteiger partial charge in [0.1, 0.15) is 0 Å². The SMILES string of the molecule is CNc1cncc(N2CCC(O)C2)c1. The number of aliphatic hydroxyl groups is 1. The highest BCUT2D eigenvalue weighted by molar-refractivity contribution is 5.55. The fourth-order valence-electron chi connectivity index (χ4n) is 1.71. The largest absolute Gasteiger partial charge is 0.391 e. The molecule has 4 heteroatoms. The lowest BCUT2D eigenvalue weighted by atomic mass is 10.3. The molecule has 1 atom stereocenters. The molecule has 2 N–H and O–H groups in total. The summed E-state index contributed by atoms with van der Waals surface area (Å²) in [5.74, 6) is 0. The number of pyridine rings is 1. The third-order valence-electron chi connectivity index (χ3n) is 2.54. The third kappa shape index (κ3) is 1.80. The molecule has 0 bridgehead atoms. The van der Waals surface area contributed by atoms with Crippen molar-refractivity contribution in [3.8, 4) is 0 Å². The van der Waals surface area contributed by atoms with Gasteiger partial charge < -0.3 is 15.3 Å². The second-order valence-corrected chi connectivity index (χ2v) is 3.57. The lowest BCUT2D eigenvalue weighted by Crippen LogP contribution is -2.21. The first-order chi connectivity index (χ1) is 6.79. The van der Waals surface area contributed by atoms with Gasteiger partial charge in [-0.25, -0.2) is 0 Å². The van der Waals surface area contributed by atoms with Gasteiger partial charge in [-0.05, 0) is 12.5 Å². The van der Waals surface area contributed by atoms with Crippen LogP contribution < -0.4 is 10.2 Å². The molecule has 0 aliphatic carbocycles. The summed E-state index contributed by atoms with van der Waals surface area (Å²) in [7, 11) is 1.87. The second-order valence-electron chi connectivity index (χ2n) is 3.57. The van der Waals surface area contributed by atoms with Gasteiger partial charge in [-0.3, -0.25) is 4.98 Å². The molecule has 2 heterocycles. The highest BCUT2D eigenvalue weighted by atomic mass is 16.3. The van der Waals surface area contributed by atoms with E-state index < -0.39 is 0 Å². The molecule has 2 rings (SSSR count). The molecule has 0 radical (unpaired) electrons. The minimum Gasteiger partial charge on any atom is -0.391 e. The number of nitrogens with one attached hydrogen (secondary N) is 1. The molecule has 1 fully saturated rings. The Morgan fingerprint density at radius 3 is 3.07 bits per heavy atom. The Hall–Kier alpha value is -1.29. The van der Waals surface area contributed by atoms with E-state index in [9.17, 15) is 5.11 Å². The van der Waals surface area contributed by atoms with Crippen molar-refractivity contribution in [1.82, 2.24) is 4.98 Å². The van der Waals surface area contributed by atoms with Gasteiger partial charge in [-0.2, -0.15) is 0 Å². The number of aromatic nitrogens is 1. The first-order valence-corrected chi connectivity index (χ1v) is 4.85. The van der Waals surface area contributed by atoms with Crippen molar-refractivity contribution >= 4 is 11.4 Å². The van der Waals surface area contributed by atoms with Crippen LogP contribution in [0.25, 0.3) is 0 Å². The number of hydrogen-bond acceptors (Lipinski definition) is 4. The molecule has 1 aliphatic heterocycles. The predicted octanol–water partition coefficient (Wildman–Crippen LogP) is 0.694. The van der Waals surface area contributed by atoms with Crippen molar-refractivity contribution < 1.29 is 5.11 Å². The molecule has 1 unspecified atom stereocenters. The summed E-state index contributed by atoms with van der Waals surface area (Å²) in [4.78, 5) is 6.29. The van der Waals surface area contributed by atoms with Crippen LogP contribution in [0.2, 0.25) is 0 Å². The van der Waals surface area contributed by atoms with Crippen molar-refractivity contribution in [3.63, 3.8) is 0 Å². The molecule has 76 valence electrons. The normalized spacial score (nSPS) is 21.3. The standard InChI is InChI=1S/C10H15N3O/c1-11-8-4-9(6-12-5-8)13-3-2-10(14)7-13/h4-6,10-11,14H,2-3,7H2,1H3. The van der Waals surface area contributed by atoms with Crippen LogP contribution >= 0.6 is 0 Å². The Bertz CT molecular complexity index is 316. The molecule has 0 aromatic carbocycles. The monoisotopic (exact) mass is 193 g/mol. The zero-order valence-corrected chi connectivity index (χ0v) is 8.27. The third-order valence-corrected chi connectivity index (χ3v) is 2.54. The highest BCUT2D eigenvalue weighted by Gasteiger charge is 2.20.